The SMILES string of the molecule is Cl.Cl.O=C(Cn1c(COc2ccccc2)nc2ccccc21)N[C@H]1CCCNC1. The smallest absolute Gasteiger partial charge is 0.240 e. The molecule has 1 saturated heterocycles. The van der Waals surface area contributed by atoms with Crippen LogP contribution in [0.25, 0.3) is 11.0 Å². The number of nitrogens with zero attached hydrogens (tertiary/aromatic N) is 2. The number of hydrogen-bond acceptors (Lipinski definition) is 4. The molecule has 2 N–H and O–H groups in total. The van der Waals surface area contributed by atoms with Crippen molar-refractivity contribution < 1.29 is 9.53 Å². The minimum absolute atomic E-state index is 0. The molecule has 0 aliphatic carbocycles. The Labute approximate surface area is 182 Å². The van der Waals surface area contributed by atoms with Crippen LogP contribution >= 0.6 is 24.8 Å². The molecule has 0 saturated carbocycles. The molecule has 8 heteroatoms. The highest BCUT2D eigenvalue weighted by molar-refractivity contribution is 5.85. The van der Waals surface area contributed by atoms with Crippen LogP contribution < -0.4 is 15.4 Å². The third-order valence-electron chi connectivity index (χ3n) is 4.81. The van der Waals surface area contributed by atoms with Crippen LogP contribution in [0.5, 0.6) is 5.75 Å². The van der Waals surface area contributed by atoms with Crippen LogP contribution in [0.1, 0.15) is 18.7 Å². The van der Waals surface area contributed by atoms with Crippen molar-refractivity contribution in [3.05, 3.63) is 60.4 Å². The van der Waals surface area contributed by atoms with E-state index in [9.17, 15) is 4.79 Å². The monoisotopic (exact) mass is 436 g/mol. The van der Waals surface area contributed by atoms with Gasteiger partial charge in [0.05, 0.1) is 11.0 Å². The highest BCUT2D eigenvalue weighted by Gasteiger charge is 2.18. The average molecular weight is 437 g/mol. The Hall–Kier alpha value is -2.28. The quantitative estimate of drug-likeness (QED) is 0.621. The van der Waals surface area contributed by atoms with Crippen LogP contribution in [0.15, 0.2) is 54.6 Å². The Morgan fingerprint density at radius 3 is 2.66 bits per heavy atom. The number of nitrogens with one attached hydrogen (secondary N) is 2. The molecule has 0 radical (unpaired) electrons. The van der Waals surface area contributed by atoms with Gasteiger partial charge in [0.25, 0.3) is 0 Å². The van der Waals surface area contributed by atoms with Crippen molar-refractivity contribution in [1.82, 2.24) is 20.2 Å². The Morgan fingerprint density at radius 2 is 1.90 bits per heavy atom. The van der Waals surface area contributed by atoms with Crippen LogP contribution in [0.2, 0.25) is 0 Å². The topological polar surface area (TPSA) is 68.2 Å². The van der Waals surface area contributed by atoms with Gasteiger partial charge in [-0.1, -0.05) is 30.3 Å². The molecular weight excluding hydrogens is 411 g/mol. The zero-order valence-corrected chi connectivity index (χ0v) is 17.7. The van der Waals surface area contributed by atoms with E-state index in [-0.39, 0.29) is 43.3 Å². The fourth-order valence-corrected chi connectivity index (χ4v) is 3.47. The van der Waals surface area contributed by atoms with E-state index >= 15 is 0 Å². The van der Waals surface area contributed by atoms with E-state index in [0.717, 1.165) is 48.5 Å². The van der Waals surface area contributed by atoms with Crippen molar-refractivity contribution in [3.8, 4) is 5.75 Å². The number of para-hydroxylation sites is 3. The lowest BCUT2D eigenvalue weighted by Gasteiger charge is -2.24. The number of amides is 1. The Bertz CT molecular complexity index is 911. The molecule has 0 spiro atoms. The molecule has 1 amide bonds. The molecule has 156 valence electrons. The normalized spacial score (nSPS) is 15.8. The number of rotatable bonds is 6. The third-order valence-corrected chi connectivity index (χ3v) is 4.81. The highest BCUT2D eigenvalue weighted by atomic mass is 35.5. The van der Waals surface area contributed by atoms with Crippen LogP contribution in [0, 0.1) is 0 Å². The number of benzene rings is 2. The highest BCUT2D eigenvalue weighted by Crippen LogP contribution is 2.18. The molecule has 4 rings (SSSR count). The second kappa shape index (κ2) is 11.0. The molecule has 1 aliphatic heterocycles. The van der Waals surface area contributed by atoms with Gasteiger partial charge in [0, 0.05) is 12.6 Å². The molecule has 1 fully saturated rings. The fraction of sp³-hybridized carbons (Fsp3) is 0.333. The molecule has 3 aromatic rings. The molecule has 6 nitrogen and oxygen atoms in total. The number of piperidine rings is 1. The predicted octanol–water partition coefficient (Wildman–Crippen LogP) is 3.33. The number of halogens is 2. The van der Waals surface area contributed by atoms with Crippen molar-refractivity contribution in [1.29, 1.82) is 0 Å². The number of ether oxygens (including phenoxy) is 1. The summed E-state index contributed by atoms with van der Waals surface area (Å²) in [6.07, 6.45) is 2.11. The zero-order chi connectivity index (χ0) is 18.5. The van der Waals surface area contributed by atoms with Crippen molar-refractivity contribution in [2.45, 2.75) is 32.0 Å². The van der Waals surface area contributed by atoms with E-state index in [0.29, 0.717) is 6.61 Å². The van der Waals surface area contributed by atoms with Gasteiger partial charge < -0.3 is 19.9 Å². The Morgan fingerprint density at radius 1 is 1.14 bits per heavy atom. The first-order chi connectivity index (χ1) is 13.3. The summed E-state index contributed by atoms with van der Waals surface area (Å²) in [6.45, 7) is 2.42. The zero-order valence-electron chi connectivity index (χ0n) is 16.0. The Balaban J connectivity index is 0.00000150. The van der Waals surface area contributed by atoms with Crippen molar-refractivity contribution in [3.63, 3.8) is 0 Å². The van der Waals surface area contributed by atoms with E-state index in [2.05, 4.69) is 15.6 Å². The molecule has 29 heavy (non-hydrogen) atoms. The Kier molecular flexibility index (Phi) is 8.76. The maximum atomic E-state index is 12.6. The van der Waals surface area contributed by atoms with Crippen LogP contribution in [-0.4, -0.2) is 34.6 Å². The summed E-state index contributed by atoms with van der Waals surface area (Å²) in [4.78, 5) is 17.3. The lowest BCUT2D eigenvalue weighted by molar-refractivity contribution is -0.122. The van der Waals surface area contributed by atoms with Crippen molar-refractivity contribution in [2.75, 3.05) is 13.1 Å². The number of fused-ring (bicyclic) bond motifs is 1. The van der Waals surface area contributed by atoms with Gasteiger partial charge in [0.15, 0.2) is 0 Å². The van der Waals surface area contributed by atoms with E-state index in [1.807, 2.05) is 59.2 Å². The largest absolute Gasteiger partial charge is 0.486 e. The number of imidazole rings is 1. The number of aromatic nitrogens is 2. The number of carbonyl (C=O) groups excluding carboxylic acids is 1. The molecule has 2 heterocycles. The maximum Gasteiger partial charge on any atom is 0.240 e. The van der Waals surface area contributed by atoms with Crippen LogP contribution in [0.4, 0.5) is 0 Å². The summed E-state index contributed by atoms with van der Waals surface area (Å²) in [7, 11) is 0. The third kappa shape index (κ3) is 5.85. The summed E-state index contributed by atoms with van der Waals surface area (Å²) in [5.41, 5.74) is 1.82. The number of carbonyl (C=O) groups is 1. The summed E-state index contributed by atoms with van der Waals surface area (Å²) in [5, 5.41) is 6.46. The molecule has 1 aliphatic rings. The molecular formula is C21H26Cl2N4O2. The van der Waals surface area contributed by atoms with Gasteiger partial charge >= 0.3 is 0 Å². The maximum absolute atomic E-state index is 12.6. The molecule has 1 atom stereocenters. The summed E-state index contributed by atoms with van der Waals surface area (Å²) in [6, 6.07) is 17.7. The van der Waals surface area contributed by atoms with E-state index in [1.165, 1.54) is 0 Å². The minimum Gasteiger partial charge on any atom is -0.486 e. The van der Waals surface area contributed by atoms with Gasteiger partial charge in [0.1, 0.15) is 24.7 Å². The first-order valence-corrected chi connectivity index (χ1v) is 9.41. The van der Waals surface area contributed by atoms with E-state index in [1.54, 1.807) is 0 Å². The van der Waals surface area contributed by atoms with Crippen LogP contribution in [0.3, 0.4) is 0 Å². The van der Waals surface area contributed by atoms with Gasteiger partial charge in [-0.15, -0.1) is 24.8 Å². The van der Waals surface area contributed by atoms with Gasteiger partial charge in [-0.2, -0.15) is 0 Å². The van der Waals surface area contributed by atoms with E-state index in [4.69, 9.17) is 4.74 Å². The number of hydrogen-bond donors (Lipinski definition) is 2. The lowest BCUT2D eigenvalue weighted by atomic mass is 10.1. The first kappa shape index (κ1) is 23.0. The lowest BCUT2D eigenvalue weighted by Crippen LogP contribution is -2.46. The predicted molar refractivity (Wildman–Crippen MR) is 119 cm³/mol. The van der Waals surface area contributed by atoms with Gasteiger partial charge in [-0.25, -0.2) is 4.98 Å². The second-order valence-corrected chi connectivity index (χ2v) is 6.82. The molecule has 0 bridgehead atoms. The van der Waals surface area contributed by atoms with Crippen molar-refractivity contribution in [2.24, 2.45) is 0 Å². The minimum atomic E-state index is 0. The molecule has 2 aromatic carbocycles. The molecule has 1 aromatic heterocycles. The van der Waals surface area contributed by atoms with Gasteiger partial charge in [-0.3, -0.25) is 4.79 Å². The first-order valence-electron chi connectivity index (χ1n) is 9.41. The van der Waals surface area contributed by atoms with E-state index < -0.39 is 0 Å². The standard InChI is InChI=1S/C21H24N4O2.2ClH/c26-21(23-16-7-6-12-22-13-16)14-25-19-11-5-4-10-18(19)24-20(25)15-27-17-8-2-1-3-9-17;;/h1-5,8-11,16,22H,6-7,12-15H2,(H,23,26);2*1H/t16-;;/m0../s1. The second-order valence-electron chi connectivity index (χ2n) is 6.82. The van der Waals surface area contributed by atoms with Gasteiger partial charge in [0.2, 0.25) is 5.91 Å². The fourth-order valence-electron chi connectivity index (χ4n) is 3.47. The summed E-state index contributed by atoms with van der Waals surface area (Å²) in [5.74, 6) is 1.54. The van der Waals surface area contributed by atoms with Crippen molar-refractivity contribution >= 4 is 41.8 Å². The summed E-state index contributed by atoms with van der Waals surface area (Å²) < 4.78 is 7.82. The average Bonchev–Trinajstić information content (AvgIpc) is 3.05. The van der Waals surface area contributed by atoms with Crippen LogP contribution in [-0.2, 0) is 17.9 Å². The molecule has 0 unspecified atom stereocenters. The summed E-state index contributed by atoms with van der Waals surface area (Å²) >= 11 is 0. The van der Waals surface area contributed by atoms with Gasteiger partial charge in [-0.05, 0) is 43.7 Å².